The molecule has 0 saturated heterocycles. The summed E-state index contributed by atoms with van der Waals surface area (Å²) in [6.07, 6.45) is 1.52. The van der Waals surface area contributed by atoms with Crippen LogP contribution in [-0.2, 0) is 4.79 Å². The Bertz CT molecular complexity index is 430. The van der Waals surface area contributed by atoms with Gasteiger partial charge in [0, 0.05) is 5.69 Å². The second-order valence-electron chi connectivity index (χ2n) is 3.96. The number of carbonyl (C=O) groups excluding carboxylic acids is 1. The largest absolute Gasteiger partial charge is 0.496 e. The molecule has 1 amide bonds. The van der Waals surface area contributed by atoms with Crippen LogP contribution in [0.15, 0.2) is 22.7 Å². The number of nitrogens with one attached hydrogen (secondary N) is 1. The first-order valence-corrected chi connectivity index (χ1v) is 5.78. The van der Waals surface area contributed by atoms with Gasteiger partial charge in [0.1, 0.15) is 5.75 Å². The van der Waals surface area contributed by atoms with E-state index in [1.54, 1.807) is 25.3 Å². The van der Waals surface area contributed by atoms with E-state index in [1.165, 1.54) is 0 Å². The first-order chi connectivity index (χ1) is 7.55. The van der Waals surface area contributed by atoms with Crippen LogP contribution in [0.25, 0.3) is 0 Å². The predicted octanol–water partition coefficient (Wildman–Crippen LogP) is 1.89. The molecule has 0 atom stereocenters. The van der Waals surface area contributed by atoms with Crippen molar-refractivity contribution in [1.82, 2.24) is 0 Å². The van der Waals surface area contributed by atoms with Crippen LogP contribution in [0.4, 0.5) is 5.69 Å². The molecule has 0 aliphatic heterocycles. The summed E-state index contributed by atoms with van der Waals surface area (Å²) in [5.74, 6) is 0.608. The monoisotopic (exact) mass is 284 g/mol. The Kier molecular flexibility index (Phi) is 2.90. The Labute approximate surface area is 102 Å². The molecule has 4 nitrogen and oxygen atoms in total. The van der Waals surface area contributed by atoms with E-state index >= 15 is 0 Å². The predicted molar refractivity (Wildman–Crippen MR) is 65.5 cm³/mol. The smallest absolute Gasteiger partial charge is 0.244 e. The first kappa shape index (κ1) is 11.4. The molecule has 0 unspecified atom stereocenters. The number of benzene rings is 1. The fourth-order valence-electron chi connectivity index (χ4n) is 1.36. The van der Waals surface area contributed by atoms with Crippen molar-refractivity contribution in [3.63, 3.8) is 0 Å². The summed E-state index contributed by atoms with van der Waals surface area (Å²) >= 11 is 3.36. The lowest BCUT2D eigenvalue weighted by Crippen LogP contribution is -2.37. The quantitative estimate of drug-likeness (QED) is 0.891. The lowest BCUT2D eigenvalue weighted by atomic mass is 10.2. The average molecular weight is 285 g/mol. The van der Waals surface area contributed by atoms with Gasteiger partial charge in [0.15, 0.2) is 0 Å². The number of methoxy groups -OCH3 is 1. The highest BCUT2D eigenvalue weighted by Gasteiger charge is 2.45. The van der Waals surface area contributed by atoms with Crippen molar-refractivity contribution >= 4 is 27.5 Å². The summed E-state index contributed by atoms with van der Waals surface area (Å²) in [6.45, 7) is 0. The van der Waals surface area contributed by atoms with E-state index < -0.39 is 5.54 Å². The molecule has 0 aromatic heterocycles. The lowest BCUT2D eigenvalue weighted by Gasteiger charge is -2.11. The van der Waals surface area contributed by atoms with E-state index in [-0.39, 0.29) is 5.91 Å². The maximum atomic E-state index is 11.7. The number of rotatable bonds is 3. The maximum absolute atomic E-state index is 11.7. The molecule has 1 aliphatic carbocycles. The van der Waals surface area contributed by atoms with Crippen molar-refractivity contribution in [2.24, 2.45) is 5.73 Å². The summed E-state index contributed by atoms with van der Waals surface area (Å²) < 4.78 is 5.90. The van der Waals surface area contributed by atoms with Crippen LogP contribution in [0.5, 0.6) is 5.75 Å². The van der Waals surface area contributed by atoms with Gasteiger partial charge in [0.2, 0.25) is 5.91 Å². The van der Waals surface area contributed by atoms with Crippen LogP contribution >= 0.6 is 15.9 Å². The molecule has 1 aromatic rings. The molecule has 86 valence electrons. The summed E-state index contributed by atoms with van der Waals surface area (Å²) in [6, 6.07) is 5.37. The molecule has 16 heavy (non-hydrogen) atoms. The summed E-state index contributed by atoms with van der Waals surface area (Å²) in [7, 11) is 1.59. The third-order valence-electron chi connectivity index (χ3n) is 2.65. The Morgan fingerprint density at radius 1 is 1.56 bits per heavy atom. The molecular weight excluding hydrogens is 272 g/mol. The molecule has 3 N–H and O–H groups in total. The highest BCUT2D eigenvalue weighted by atomic mass is 79.9. The number of ether oxygens (including phenoxy) is 1. The van der Waals surface area contributed by atoms with Gasteiger partial charge in [-0.1, -0.05) is 0 Å². The van der Waals surface area contributed by atoms with Crippen molar-refractivity contribution in [1.29, 1.82) is 0 Å². The minimum atomic E-state index is -0.646. The number of carbonyl (C=O) groups is 1. The number of amides is 1. The molecule has 1 aromatic carbocycles. The SMILES string of the molecule is COc1ccc(NC(=O)C2(N)CC2)cc1Br. The molecule has 0 heterocycles. The molecule has 0 spiro atoms. The van der Waals surface area contributed by atoms with Crippen LogP contribution < -0.4 is 15.8 Å². The lowest BCUT2D eigenvalue weighted by molar-refractivity contribution is -0.118. The van der Waals surface area contributed by atoms with E-state index in [0.717, 1.165) is 28.8 Å². The van der Waals surface area contributed by atoms with Gasteiger partial charge in [-0.15, -0.1) is 0 Å². The minimum Gasteiger partial charge on any atom is -0.496 e. The molecule has 1 fully saturated rings. The zero-order chi connectivity index (χ0) is 11.8. The van der Waals surface area contributed by atoms with Crippen LogP contribution in [-0.4, -0.2) is 18.6 Å². The molecule has 1 aliphatic rings. The number of hydrogen-bond acceptors (Lipinski definition) is 3. The number of halogens is 1. The van der Waals surface area contributed by atoms with Gasteiger partial charge >= 0.3 is 0 Å². The molecule has 2 rings (SSSR count). The maximum Gasteiger partial charge on any atom is 0.244 e. The third-order valence-corrected chi connectivity index (χ3v) is 3.27. The topological polar surface area (TPSA) is 64.3 Å². The van der Waals surface area contributed by atoms with Crippen molar-refractivity contribution in [3.05, 3.63) is 22.7 Å². The Balaban J connectivity index is 2.10. The van der Waals surface area contributed by atoms with Crippen LogP contribution in [0.2, 0.25) is 0 Å². The molecular formula is C11H13BrN2O2. The van der Waals surface area contributed by atoms with E-state index in [2.05, 4.69) is 21.2 Å². The number of hydrogen-bond donors (Lipinski definition) is 2. The van der Waals surface area contributed by atoms with Gasteiger partial charge in [0.25, 0.3) is 0 Å². The molecule has 0 bridgehead atoms. The van der Waals surface area contributed by atoms with Crippen LogP contribution in [0.3, 0.4) is 0 Å². The second kappa shape index (κ2) is 4.07. The van der Waals surface area contributed by atoms with Gasteiger partial charge in [-0.05, 0) is 47.0 Å². The Morgan fingerprint density at radius 3 is 2.75 bits per heavy atom. The Hall–Kier alpha value is -1.07. The van der Waals surface area contributed by atoms with Crippen LogP contribution in [0, 0.1) is 0 Å². The molecule has 0 radical (unpaired) electrons. The Morgan fingerprint density at radius 2 is 2.25 bits per heavy atom. The van der Waals surface area contributed by atoms with Gasteiger partial charge in [-0.25, -0.2) is 0 Å². The summed E-state index contributed by atoms with van der Waals surface area (Å²) in [4.78, 5) is 11.7. The van der Waals surface area contributed by atoms with Gasteiger partial charge in [0.05, 0.1) is 17.1 Å². The normalized spacial score (nSPS) is 16.7. The number of anilines is 1. The van der Waals surface area contributed by atoms with E-state index in [4.69, 9.17) is 10.5 Å². The van der Waals surface area contributed by atoms with E-state index in [0.29, 0.717) is 0 Å². The second-order valence-corrected chi connectivity index (χ2v) is 4.81. The highest BCUT2D eigenvalue weighted by molar-refractivity contribution is 9.10. The minimum absolute atomic E-state index is 0.121. The van der Waals surface area contributed by atoms with Crippen molar-refractivity contribution in [3.8, 4) is 5.75 Å². The summed E-state index contributed by atoms with van der Waals surface area (Å²) in [5, 5.41) is 2.79. The van der Waals surface area contributed by atoms with E-state index in [1.807, 2.05) is 0 Å². The van der Waals surface area contributed by atoms with Crippen molar-refractivity contribution < 1.29 is 9.53 Å². The highest BCUT2D eigenvalue weighted by Crippen LogP contribution is 2.34. The fraction of sp³-hybridized carbons (Fsp3) is 0.364. The average Bonchev–Trinajstić information content (AvgIpc) is 2.98. The molecule has 5 heteroatoms. The third kappa shape index (κ3) is 2.20. The van der Waals surface area contributed by atoms with E-state index in [9.17, 15) is 4.79 Å². The molecule has 1 saturated carbocycles. The van der Waals surface area contributed by atoms with Gasteiger partial charge < -0.3 is 15.8 Å². The van der Waals surface area contributed by atoms with Gasteiger partial charge in [-0.2, -0.15) is 0 Å². The number of nitrogens with two attached hydrogens (primary N) is 1. The zero-order valence-corrected chi connectivity index (χ0v) is 10.5. The zero-order valence-electron chi connectivity index (χ0n) is 8.92. The van der Waals surface area contributed by atoms with Gasteiger partial charge in [-0.3, -0.25) is 4.79 Å². The standard InChI is InChI=1S/C11H13BrN2O2/c1-16-9-3-2-7(6-8(9)12)14-10(15)11(13)4-5-11/h2-3,6H,4-5,13H2,1H3,(H,14,15). The summed E-state index contributed by atoms with van der Waals surface area (Å²) in [5.41, 5.74) is 5.85. The fourth-order valence-corrected chi connectivity index (χ4v) is 1.90. The van der Waals surface area contributed by atoms with Crippen molar-refractivity contribution in [2.75, 3.05) is 12.4 Å². The first-order valence-electron chi connectivity index (χ1n) is 4.99. The van der Waals surface area contributed by atoms with Crippen molar-refractivity contribution in [2.45, 2.75) is 18.4 Å². The van der Waals surface area contributed by atoms with Crippen LogP contribution in [0.1, 0.15) is 12.8 Å².